The fraction of sp³-hybridized carbons (Fsp3) is 0.500. The van der Waals surface area contributed by atoms with Gasteiger partial charge in [-0.15, -0.1) is 0 Å². The molecule has 0 aromatic heterocycles. The lowest BCUT2D eigenvalue weighted by Crippen LogP contribution is -2.21. The second-order valence-electron chi connectivity index (χ2n) is 4.61. The Hall–Kier alpha value is -1.31. The molecule has 1 fully saturated rings. The third-order valence-corrected chi connectivity index (χ3v) is 3.51. The summed E-state index contributed by atoms with van der Waals surface area (Å²) < 4.78 is 5.14. The SMILES string of the molecule is COc1ccc(C2CCC(=O)C(C)C2)cc1. The molecule has 1 aliphatic carbocycles. The topological polar surface area (TPSA) is 26.3 Å². The summed E-state index contributed by atoms with van der Waals surface area (Å²) in [6.07, 6.45) is 2.72. The lowest BCUT2D eigenvalue weighted by Gasteiger charge is -2.26. The molecule has 1 aliphatic rings. The van der Waals surface area contributed by atoms with E-state index in [2.05, 4.69) is 12.1 Å². The quantitative estimate of drug-likeness (QED) is 0.762. The Morgan fingerprint density at radius 3 is 2.50 bits per heavy atom. The van der Waals surface area contributed by atoms with E-state index < -0.39 is 0 Å². The standard InChI is InChI=1S/C14H18O2/c1-10-9-12(5-8-14(10)15)11-3-6-13(16-2)7-4-11/h3-4,6-7,10,12H,5,8-9H2,1-2H3. The molecule has 86 valence electrons. The van der Waals surface area contributed by atoms with Gasteiger partial charge in [-0.2, -0.15) is 0 Å². The fourth-order valence-electron chi connectivity index (χ4n) is 2.42. The van der Waals surface area contributed by atoms with Crippen LogP contribution in [0.4, 0.5) is 0 Å². The molecule has 0 radical (unpaired) electrons. The maximum Gasteiger partial charge on any atom is 0.135 e. The van der Waals surface area contributed by atoms with Crippen molar-refractivity contribution in [2.45, 2.75) is 32.1 Å². The number of methoxy groups -OCH3 is 1. The summed E-state index contributed by atoms with van der Waals surface area (Å²) in [5.74, 6) is 2.08. The number of ether oxygens (including phenoxy) is 1. The zero-order chi connectivity index (χ0) is 11.5. The molecule has 1 saturated carbocycles. The molecule has 2 rings (SSSR count). The van der Waals surface area contributed by atoms with E-state index in [1.807, 2.05) is 19.1 Å². The Morgan fingerprint density at radius 1 is 1.25 bits per heavy atom. The first-order valence-electron chi connectivity index (χ1n) is 5.87. The lowest BCUT2D eigenvalue weighted by molar-refractivity contribution is -0.124. The highest BCUT2D eigenvalue weighted by Crippen LogP contribution is 2.34. The van der Waals surface area contributed by atoms with Crippen LogP contribution in [-0.4, -0.2) is 12.9 Å². The molecule has 2 unspecified atom stereocenters. The summed E-state index contributed by atoms with van der Waals surface area (Å²) in [4.78, 5) is 11.5. The zero-order valence-electron chi connectivity index (χ0n) is 9.90. The lowest BCUT2D eigenvalue weighted by atomic mass is 9.78. The van der Waals surface area contributed by atoms with Gasteiger partial charge in [-0.3, -0.25) is 4.79 Å². The molecule has 0 N–H and O–H groups in total. The Morgan fingerprint density at radius 2 is 1.94 bits per heavy atom. The van der Waals surface area contributed by atoms with Gasteiger partial charge in [0.2, 0.25) is 0 Å². The number of rotatable bonds is 2. The molecule has 1 aromatic rings. The maximum absolute atomic E-state index is 11.5. The van der Waals surface area contributed by atoms with E-state index in [4.69, 9.17) is 4.74 Å². The van der Waals surface area contributed by atoms with E-state index >= 15 is 0 Å². The van der Waals surface area contributed by atoms with Crippen molar-refractivity contribution in [1.29, 1.82) is 0 Å². The van der Waals surface area contributed by atoms with Crippen molar-refractivity contribution in [2.75, 3.05) is 7.11 Å². The van der Waals surface area contributed by atoms with Crippen LogP contribution in [0.1, 0.15) is 37.7 Å². The summed E-state index contributed by atoms with van der Waals surface area (Å²) in [6.45, 7) is 2.04. The molecule has 0 heterocycles. The van der Waals surface area contributed by atoms with Crippen molar-refractivity contribution >= 4 is 5.78 Å². The predicted octanol–water partition coefficient (Wildman–Crippen LogP) is 3.17. The molecule has 2 atom stereocenters. The first-order valence-corrected chi connectivity index (χ1v) is 5.87. The van der Waals surface area contributed by atoms with Crippen LogP contribution >= 0.6 is 0 Å². The average Bonchev–Trinajstić information content (AvgIpc) is 2.33. The van der Waals surface area contributed by atoms with Gasteiger partial charge in [0.05, 0.1) is 7.11 Å². The van der Waals surface area contributed by atoms with Gasteiger partial charge in [0.1, 0.15) is 11.5 Å². The zero-order valence-corrected chi connectivity index (χ0v) is 9.90. The second kappa shape index (κ2) is 4.69. The van der Waals surface area contributed by atoms with Crippen LogP contribution in [0.25, 0.3) is 0 Å². The summed E-state index contributed by atoms with van der Waals surface area (Å²) in [7, 11) is 1.68. The Kier molecular flexibility index (Phi) is 3.28. The highest BCUT2D eigenvalue weighted by molar-refractivity contribution is 5.81. The van der Waals surface area contributed by atoms with E-state index in [9.17, 15) is 4.79 Å². The highest BCUT2D eigenvalue weighted by atomic mass is 16.5. The van der Waals surface area contributed by atoms with E-state index in [0.29, 0.717) is 11.7 Å². The Balaban J connectivity index is 2.09. The van der Waals surface area contributed by atoms with Crippen molar-refractivity contribution in [1.82, 2.24) is 0 Å². The van der Waals surface area contributed by atoms with Crippen molar-refractivity contribution in [3.63, 3.8) is 0 Å². The summed E-state index contributed by atoms with van der Waals surface area (Å²) in [6, 6.07) is 8.23. The number of carbonyl (C=O) groups is 1. The van der Waals surface area contributed by atoms with Crippen LogP contribution in [0.2, 0.25) is 0 Å². The number of hydrogen-bond acceptors (Lipinski definition) is 2. The minimum atomic E-state index is 0.223. The average molecular weight is 218 g/mol. The van der Waals surface area contributed by atoms with Gasteiger partial charge >= 0.3 is 0 Å². The summed E-state index contributed by atoms with van der Waals surface area (Å²) >= 11 is 0. The minimum Gasteiger partial charge on any atom is -0.497 e. The maximum atomic E-state index is 11.5. The van der Waals surface area contributed by atoms with Gasteiger partial charge in [0, 0.05) is 12.3 Å². The van der Waals surface area contributed by atoms with Gasteiger partial charge in [0.25, 0.3) is 0 Å². The second-order valence-corrected chi connectivity index (χ2v) is 4.61. The first-order chi connectivity index (χ1) is 7.70. The third kappa shape index (κ3) is 2.26. The Labute approximate surface area is 96.6 Å². The van der Waals surface area contributed by atoms with E-state index in [0.717, 1.165) is 25.0 Å². The smallest absolute Gasteiger partial charge is 0.135 e. The van der Waals surface area contributed by atoms with E-state index in [-0.39, 0.29) is 5.92 Å². The van der Waals surface area contributed by atoms with Crippen LogP contribution in [0.5, 0.6) is 5.75 Å². The normalized spacial score (nSPS) is 25.5. The predicted molar refractivity (Wildman–Crippen MR) is 63.8 cm³/mol. The molecule has 16 heavy (non-hydrogen) atoms. The van der Waals surface area contributed by atoms with Crippen LogP contribution in [0.3, 0.4) is 0 Å². The Bertz CT molecular complexity index is 367. The van der Waals surface area contributed by atoms with Crippen LogP contribution in [-0.2, 0) is 4.79 Å². The highest BCUT2D eigenvalue weighted by Gasteiger charge is 2.26. The van der Waals surface area contributed by atoms with Gasteiger partial charge in [-0.05, 0) is 36.5 Å². The van der Waals surface area contributed by atoms with Crippen LogP contribution < -0.4 is 4.74 Å². The number of benzene rings is 1. The van der Waals surface area contributed by atoms with Crippen molar-refractivity contribution in [3.05, 3.63) is 29.8 Å². The van der Waals surface area contributed by atoms with Crippen molar-refractivity contribution in [3.8, 4) is 5.75 Å². The summed E-state index contributed by atoms with van der Waals surface area (Å²) in [5, 5.41) is 0. The number of ketones is 1. The van der Waals surface area contributed by atoms with Crippen LogP contribution in [0.15, 0.2) is 24.3 Å². The van der Waals surface area contributed by atoms with E-state index in [1.54, 1.807) is 7.11 Å². The number of hydrogen-bond donors (Lipinski definition) is 0. The molecule has 0 saturated heterocycles. The third-order valence-electron chi connectivity index (χ3n) is 3.51. The van der Waals surface area contributed by atoms with Gasteiger partial charge in [-0.25, -0.2) is 0 Å². The molecule has 0 amide bonds. The van der Waals surface area contributed by atoms with Crippen molar-refractivity contribution in [2.24, 2.45) is 5.92 Å². The van der Waals surface area contributed by atoms with Crippen molar-refractivity contribution < 1.29 is 9.53 Å². The molecule has 1 aromatic carbocycles. The minimum absolute atomic E-state index is 0.223. The molecule has 0 bridgehead atoms. The van der Waals surface area contributed by atoms with E-state index in [1.165, 1.54) is 5.56 Å². The molecular weight excluding hydrogens is 200 g/mol. The first kappa shape index (κ1) is 11.2. The van der Waals surface area contributed by atoms with Crippen LogP contribution in [0, 0.1) is 5.92 Å². The molecular formula is C14H18O2. The molecule has 0 spiro atoms. The number of Topliss-reactive ketones (excluding diaryl/α,β-unsaturated/α-hetero) is 1. The monoisotopic (exact) mass is 218 g/mol. The largest absolute Gasteiger partial charge is 0.497 e. The van der Waals surface area contributed by atoms with Gasteiger partial charge in [-0.1, -0.05) is 19.1 Å². The summed E-state index contributed by atoms with van der Waals surface area (Å²) in [5.41, 5.74) is 1.33. The van der Waals surface area contributed by atoms with Gasteiger partial charge in [0.15, 0.2) is 0 Å². The fourth-order valence-corrected chi connectivity index (χ4v) is 2.42. The molecule has 2 heteroatoms. The number of carbonyl (C=O) groups excluding carboxylic acids is 1. The molecule has 2 nitrogen and oxygen atoms in total. The van der Waals surface area contributed by atoms with Gasteiger partial charge < -0.3 is 4.74 Å². The molecule has 0 aliphatic heterocycles.